The summed E-state index contributed by atoms with van der Waals surface area (Å²) in [4.78, 5) is 2.35. The number of nitrogens with zero attached hydrogens (tertiary/aromatic N) is 1. The van der Waals surface area contributed by atoms with Crippen LogP contribution in [-0.2, 0) is 9.65 Å². The van der Waals surface area contributed by atoms with Crippen LogP contribution in [0, 0.1) is 0 Å². The van der Waals surface area contributed by atoms with Crippen molar-refractivity contribution in [2.24, 2.45) is 0 Å². The second-order valence-corrected chi connectivity index (χ2v) is 19.5. The third kappa shape index (κ3) is 6.42. The van der Waals surface area contributed by atoms with Gasteiger partial charge in [0.1, 0.15) is 0 Å². The van der Waals surface area contributed by atoms with E-state index in [9.17, 15) is 5.11 Å². The molecule has 1 N–H and O–H groups in total. The highest BCUT2D eigenvalue weighted by Crippen LogP contribution is 2.41. The molecule has 2 aromatic rings. The Labute approximate surface area is 211 Å². The first-order valence-electron chi connectivity index (χ1n) is 13.6. The molecule has 1 heterocycles. The average Bonchev–Trinajstić information content (AvgIpc) is 3.37. The number of aliphatic hydroxyl groups is 1. The van der Waals surface area contributed by atoms with E-state index in [0.717, 1.165) is 19.4 Å². The van der Waals surface area contributed by atoms with Gasteiger partial charge in [0, 0.05) is 12.2 Å². The summed E-state index contributed by atoms with van der Waals surface area (Å²) in [5, 5.41) is 10.1. The van der Waals surface area contributed by atoms with Gasteiger partial charge >= 0.3 is 0 Å². The molecule has 34 heavy (non-hydrogen) atoms. The van der Waals surface area contributed by atoms with E-state index in [-0.39, 0.29) is 12.1 Å². The fraction of sp³-hybridized carbons (Fsp3) is 0.586. The van der Waals surface area contributed by atoms with Gasteiger partial charge < -0.3 is 14.1 Å². The molecule has 0 unspecified atom stereocenters. The molecule has 1 atom stereocenters. The topological polar surface area (TPSA) is 32.7 Å². The van der Waals surface area contributed by atoms with E-state index >= 15 is 0 Å². The van der Waals surface area contributed by atoms with E-state index in [0.29, 0.717) is 0 Å². The Morgan fingerprint density at radius 1 is 0.735 bits per heavy atom. The molecule has 0 aromatic heterocycles. The van der Waals surface area contributed by atoms with Gasteiger partial charge in [0.25, 0.3) is 0 Å². The van der Waals surface area contributed by atoms with Crippen molar-refractivity contribution >= 4 is 22.3 Å². The van der Waals surface area contributed by atoms with Crippen LogP contribution in [0.2, 0.25) is 36.3 Å². The van der Waals surface area contributed by atoms with Crippen molar-refractivity contribution in [3.05, 3.63) is 66.2 Å². The first kappa shape index (κ1) is 28.8. The molecule has 1 aliphatic rings. The number of rotatable bonds is 11. The monoisotopic (exact) mass is 499 g/mol. The Hall–Kier alpha value is -1.41. The van der Waals surface area contributed by atoms with Crippen molar-refractivity contribution in [3.8, 4) is 0 Å². The first-order chi connectivity index (χ1) is 16.4. The highest BCUT2D eigenvalue weighted by atomic mass is 28.4. The van der Waals surface area contributed by atoms with E-state index in [4.69, 9.17) is 4.12 Å². The second-order valence-electron chi connectivity index (χ2n) is 9.74. The Kier molecular flexibility index (Phi) is 11.5. The smallest absolute Gasteiger partial charge is 0.178 e. The minimum atomic E-state index is -1.35. The van der Waals surface area contributed by atoms with Gasteiger partial charge in [-0.3, -0.25) is 0 Å². The molecule has 5 heteroatoms. The standard InChI is InChI=1S/C17H19NO.C12H30OSi2/c19-14-17(15-8-3-1-4-9-15)12-7-13-18(17)16-10-5-2-6-11-16;1-7-14(8-2,9-3)13-15(10-4,11-5)12-6/h1-6,8-11,19H,7,12-14H2;7-12H2,1-6H3/t17-;/m1./s1. The first-order valence-corrected chi connectivity index (χ1v) is 18.7. The summed E-state index contributed by atoms with van der Waals surface area (Å²) in [5.74, 6) is 0. The number of anilines is 1. The maximum absolute atomic E-state index is 10.1. The van der Waals surface area contributed by atoms with Crippen LogP contribution < -0.4 is 4.90 Å². The van der Waals surface area contributed by atoms with Crippen molar-refractivity contribution in [1.29, 1.82) is 0 Å². The maximum atomic E-state index is 10.1. The molecule has 1 saturated heterocycles. The predicted octanol–water partition coefficient (Wildman–Crippen LogP) is 8.19. The maximum Gasteiger partial charge on any atom is 0.178 e. The van der Waals surface area contributed by atoms with Gasteiger partial charge in [0.05, 0.1) is 12.1 Å². The van der Waals surface area contributed by atoms with E-state index in [1.165, 1.54) is 47.5 Å². The average molecular weight is 500 g/mol. The van der Waals surface area contributed by atoms with Gasteiger partial charge in [-0.1, -0.05) is 90.1 Å². The minimum absolute atomic E-state index is 0.159. The summed E-state index contributed by atoms with van der Waals surface area (Å²) >= 11 is 0. The van der Waals surface area contributed by atoms with Crippen LogP contribution in [0.15, 0.2) is 60.7 Å². The Morgan fingerprint density at radius 2 is 1.18 bits per heavy atom. The number of benzene rings is 2. The zero-order valence-corrected chi connectivity index (χ0v) is 24.6. The van der Waals surface area contributed by atoms with Crippen molar-refractivity contribution in [2.75, 3.05) is 18.1 Å². The van der Waals surface area contributed by atoms with Crippen molar-refractivity contribution in [1.82, 2.24) is 0 Å². The van der Waals surface area contributed by atoms with Crippen LogP contribution in [-0.4, -0.2) is 34.9 Å². The molecule has 0 bridgehead atoms. The van der Waals surface area contributed by atoms with E-state index in [1.807, 2.05) is 24.3 Å². The molecule has 3 nitrogen and oxygen atoms in total. The second kappa shape index (κ2) is 13.6. The van der Waals surface area contributed by atoms with Crippen LogP contribution in [0.3, 0.4) is 0 Å². The van der Waals surface area contributed by atoms with Crippen LogP contribution in [0.5, 0.6) is 0 Å². The Morgan fingerprint density at radius 3 is 1.59 bits per heavy atom. The number of hydrogen-bond acceptors (Lipinski definition) is 3. The van der Waals surface area contributed by atoms with Gasteiger partial charge in [-0.25, -0.2) is 0 Å². The normalized spacial score (nSPS) is 18.5. The summed E-state index contributed by atoms with van der Waals surface area (Å²) in [7, 11) is -2.71. The van der Waals surface area contributed by atoms with Gasteiger partial charge in [-0.15, -0.1) is 0 Å². The van der Waals surface area contributed by atoms with Gasteiger partial charge in [0.15, 0.2) is 16.6 Å². The SMILES string of the molecule is CC[Si](CC)(CC)O[Si](CC)(CC)CC.OC[C@@]1(c2ccccc2)CCCN1c1ccccc1. The summed E-state index contributed by atoms with van der Waals surface area (Å²) in [5.41, 5.74) is 2.14. The van der Waals surface area contributed by atoms with Crippen LogP contribution >= 0.6 is 0 Å². The largest absolute Gasteiger partial charge is 0.455 e. The van der Waals surface area contributed by atoms with Crippen LogP contribution in [0.25, 0.3) is 0 Å². The summed E-state index contributed by atoms with van der Waals surface area (Å²) in [6.07, 6.45) is 2.12. The van der Waals surface area contributed by atoms with Crippen molar-refractivity contribution in [2.45, 2.75) is 96.2 Å². The lowest BCUT2D eigenvalue weighted by Crippen LogP contribution is -2.49. The van der Waals surface area contributed by atoms with Crippen LogP contribution in [0.1, 0.15) is 59.9 Å². The molecule has 0 spiro atoms. The highest BCUT2D eigenvalue weighted by molar-refractivity contribution is 6.87. The van der Waals surface area contributed by atoms with Crippen molar-refractivity contribution in [3.63, 3.8) is 0 Å². The summed E-state index contributed by atoms with van der Waals surface area (Å²) < 4.78 is 6.80. The molecule has 0 amide bonds. The molecule has 1 fully saturated rings. The molecule has 3 rings (SSSR count). The minimum Gasteiger partial charge on any atom is -0.455 e. The molecule has 1 aliphatic heterocycles. The van der Waals surface area contributed by atoms with Gasteiger partial charge in [-0.05, 0) is 66.8 Å². The van der Waals surface area contributed by atoms with E-state index < -0.39 is 16.6 Å². The zero-order valence-electron chi connectivity index (χ0n) is 22.6. The van der Waals surface area contributed by atoms with Crippen LogP contribution in [0.4, 0.5) is 5.69 Å². The third-order valence-electron chi connectivity index (χ3n) is 8.43. The van der Waals surface area contributed by atoms with Crippen molar-refractivity contribution < 1.29 is 9.22 Å². The lowest BCUT2D eigenvalue weighted by molar-refractivity contribution is 0.198. The molecule has 0 aliphatic carbocycles. The van der Waals surface area contributed by atoms with Gasteiger partial charge in [0.2, 0.25) is 0 Å². The predicted molar refractivity (Wildman–Crippen MR) is 154 cm³/mol. The molecular weight excluding hydrogens is 450 g/mol. The number of para-hydroxylation sites is 1. The molecular formula is C29H49NO2Si2. The summed E-state index contributed by atoms with van der Waals surface area (Å²) in [6, 6.07) is 28.6. The Bertz CT molecular complexity index is 775. The Balaban J connectivity index is 0.000000249. The lowest BCUT2D eigenvalue weighted by atomic mass is 9.87. The highest BCUT2D eigenvalue weighted by Gasteiger charge is 2.42. The zero-order chi connectivity index (χ0) is 25.1. The van der Waals surface area contributed by atoms with E-state index in [2.05, 4.69) is 82.8 Å². The molecule has 0 radical (unpaired) electrons. The fourth-order valence-corrected chi connectivity index (χ4v) is 15.7. The van der Waals surface area contributed by atoms with Gasteiger partial charge in [-0.2, -0.15) is 0 Å². The fourth-order valence-electron chi connectivity index (χ4n) is 5.56. The summed E-state index contributed by atoms with van der Waals surface area (Å²) in [6.45, 7) is 15.2. The number of aliphatic hydroxyl groups excluding tert-OH is 1. The molecule has 2 aromatic carbocycles. The van der Waals surface area contributed by atoms with E-state index in [1.54, 1.807) is 0 Å². The third-order valence-corrected chi connectivity index (χ3v) is 19.6. The number of hydrogen-bond donors (Lipinski definition) is 1. The lowest BCUT2D eigenvalue weighted by Gasteiger charge is -2.40. The molecule has 190 valence electrons. The molecule has 0 saturated carbocycles. The quantitative estimate of drug-likeness (QED) is 0.316.